The molecule has 1 atom stereocenters. The van der Waals surface area contributed by atoms with Gasteiger partial charge in [-0.15, -0.1) is 0 Å². The molecule has 1 aromatic carbocycles. The third-order valence-electron chi connectivity index (χ3n) is 3.09. The van der Waals surface area contributed by atoms with Crippen LogP contribution in [0, 0.1) is 15.9 Å². The minimum Gasteiger partial charge on any atom is -0.258 e. The first-order valence-electron chi connectivity index (χ1n) is 5.91. The zero-order chi connectivity index (χ0) is 15.6. The summed E-state index contributed by atoms with van der Waals surface area (Å²) in [5, 5.41) is 10.9. The van der Waals surface area contributed by atoms with Crippen LogP contribution in [0.4, 0.5) is 10.1 Å². The highest BCUT2D eigenvalue weighted by Gasteiger charge is 2.40. The summed E-state index contributed by atoms with van der Waals surface area (Å²) in [7, 11) is -4.33. The number of sulfonamides is 1. The van der Waals surface area contributed by atoms with Crippen LogP contribution in [0.3, 0.4) is 0 Å². The van der Waals surface area contributed by atoms with E-state index < -0.39 is 37.5 Å². The summed E-state index contributed by atoms with van der Waals surface area (Å²) in [4.78, 5) is 22.8. The Morgan fingerprint density at radius 2 is 2.19 bits per heavy atom. The maximum absolute atomic E-state index is 13.6. The molecule has 0 saturated carbocycles. The van der Waals surface area contributed by atoms with Crippen LogP contribution < -0.4 is 0 Å². The van der Waals surface area contributed by atoms with Crippen molar-refractivity contribution in [3.63, 3.8) is 0 Å². The molecule has 10 heteroatoms. The average Bonchev–Trinajstić information content (AvgIpc) is 2.87. The van der Waals surface area contributed by atoms with Crippen molar-refractivity contribution in [3.8, 4) is 0 Å². The molecule has 1 saturated heterocycles. The van der Waals surface area contributed by atoms with E-state index in [0.717, 1.165) is 22.5 Å². The van der Waals surface area contributed by atoms with Crippen LogP contribution >= 0.6 is 0 Å². The van der Waals surface area contributed by atoms with E-state index in [1.807, 2.05) is 0 Å². The van der Waals surface area contributed by atoms with Gasteiger partial charge in [-0.25, -0.2) is 13.2 Å². The predicted molar refractivity (Wildman–Crippen MR) is 68.1 cm³/mol. The van der Waals surface area contributed by atoms with Gasteiger partial charge >= 0.3 is 5.69 Å². The van der Waals surface area contributed by atoms with Crippen molar-refractivity contribution in [1.82, 2.24) is 4.31 Å². The molecule has 0 radical (unpaired) electrons. The molecular weight excluding hydrogens is 305 g/mol. The monoisotopic (exact) mass is 315 g/mol. The van der Waals surface area contributed by atoms with Gasteiger partial charge in [0.1, 0.15) is 6.17 Å². The van der Waals surface area contributed by atoms with Crippen LogP contribution in [0.2, 0.25) is 0 Å². The molecule has 1 aliphatic heterocycles. The molecule has 0 bridgehead atoms. The van der Waals surface area contributed by atoms with Crippen molar-refractivity contribution in [3.05, 3.63) is 34.1 Å². The zero-order valence-corrected chi connectivity index (χ0v) is 11.4. The number of rotatable bonds is 4. The van der Waals surface area contributed by atoms with Crippen LogP contribution in [0.15, 0.2) is 28.1 Å². The number of nitro groups is 1. The molecule has 1 aliphatic rings. The third-order valence-corrected chi connectivity index (χ3v) is 5.02. The molecule has 0 N–H and O–H groups in total. The number of hydrogen-bond acceptors (Lipinski definition) is 6. The highest BCUT2D eigenvalue weighted by Crippen LogP contribution is 2.33. The number of halogens is 1. The first-order valence-corrected chi connectivity index (χ1v) is 7.35. The quantitative estimate of drug-likeness (QED) is 0.358. The average molecular weight is 315 g/mol. The van der Waals surface area contributed by atoms with E-state index in [9.17, 15) is 27.7 Å². The SMILES string of the molecule is O=C=NC1CCCN1S(=O)(=O)c1cccc(F)c1[N+](=O)[O-]. The van der Waals surface area contributed by atoms with Crippen molar-refractivity contribution < 1.29 is 22.5 Å². The van der Waals surface area contributed by atoms with Crippen molar-refractivity contribution in [2.45, 2.75) is 23.9 Å². The van der Waals surface area contributed by atoms with Gasteiger partial charge in [0.15, 0.2) is 4.90 Å². The molecule has 0 amide bonds. The Labute approximate surface area is 119 Å². The summed E-state index contributed by atoms with van der Waals surface area (Å²) in [5.74, 6) is -1.24. The van der Waals surface area contributed by atoms with E-state index in [2.05, 4.69) is 4.99 Å². The molecule has 21 heavy (non-hydrogen) atoms. The maximum atomic E-state index is 13.6. The van der Waals surface area contributed by atoms with Gasteiger partial charge in [-0.2, -0.15) is 13.7 Å². The Hall–Kier alpha value is -2.16. The number of nitrogens with zero attached hydrogens (tertiary/aromatic N) is 3. The number of nitro benzene ring substituents is 1. The van der Waals surface area contributed by atoms with Gasteiger partial charge in [0, 0.05) is 6.54 Å². The summed E-state index contributed by atoms with van der Waals surface area (Å²) in [6.07, 6.45) is 1.06. The first kappa shape index (κ1) is 15.2. The highest BCUT2D eigenvalue weighted by atomic mass is 32.2. The van der Waals surface area contributed by atoms with E-state index in [1.165, 1.54) is 6.08 Å². The lowest BCUT2D eigenvalue weighted by atomic mass is 10.3. The Morgan fingerprint density at radius 1 is 1.48 bits per heavy atom. The molecule has 112 valence electrons. The molecular formula is C11H10FN3O5S. The molecule has 1 heterocycles. The number of aliphatic imine (C=N–C) groups is 1. The van der Waals surface area contributed by atoms with Crippen molar-refractivity contribution in [2.75, 3.05) is 6.54 Å². The normalized spacial score (nSPS) is 19.2. The summed E-state index contributed by atoms with van der Waals surface area (Å²) < 4.78 is 39.3. The molecule has 2 rings (SSSR count). The van der Waals surface area contributed by atoms with Gasteiger partial charge in [-0.3, -0.25) is 10.1 Å². The molecule has 0 aromatic heterocycles. The van der Waals surface area contributed by atoms with E-state index >= 15 is 0 Å². The lowest BCUT2D eigenvalue weighted by Crippen LogP contribution is -2.34. The van der Waals surface area contributed by atoms with Gasteiger partial charge in [0.05, 0.1) is 4.92 Å². The number of isocyanates is 1. The lowest BCUT2D eigenvalue weighted by molar-refractivity contribution is -0.390. The number of carbonyl (C=O) groups excluding carboxylic acids is 1. The van der Waals surface area contributed by atoms with Crippen LogP contribution in [0.1, 0.15) is 12.8 Å². The zero-order valence-electron chi connectivity index (χ0n) is 10.6. The minimum atomic E-state index is -4.33. The van der Waals surface area contributed by atoms with Gasteiger partial charge in [-0.05, 0) is 25.0 Å². The molecule has 1 aromatic rings. The van der Waals surface area contributed by atoms with E-state index in [4.69, 9.17) is 0 Å². The Kier molecular flexibility index (Phi) is 4.12. The second-order valence-corrected chi connectivity index (χ2v) is 6.16. The molecule has 0 aliphatic carbocycles. The Balaban J connectivity index is 2.57. The summed E-state index contributed by atoms with van der Waals surface area (Å²) in [5.41, 5.74) is -1.11. The summed E-state index contributed by atoms with van der Waals surface area (Å²) in [6, 6.07) is 2.84. The van der Waals surface area contributed by atoms with Crippen LogP contribution in [0.5, 0.6) is 0 Å². The minimum absolute atomic E-state index is 0.0475. The number of hydrogen-bond donors (Lipinski definition) is 0. The standard InChI is InChI=1S/C11H10FN3O5S/c12-8-3-1-4-9(11(8)15(17)18)21(19,20)14-6-2-5-10(14)13-7-16/h1,3-4,10H,2,5-6H2. The number of para-hydroxylation sites is 1. The topological polar surface area (TPSA) is 110 Å². The van der Waals surface area contributed by atoms with Crippen molar-refractivity contribution in [1.29, 1.82) is 0 Å². The molecule has 1 fully saturated rings. The van der Waals surface area contributed by atoms with Crippen molar-refractivity contribution in [2.24, 2.45) is 4.99 Å². The summed E-state index contributed by atoms with van der Waals surface area (Å²) >= 11 is 0. The molecule has 1 unspecified atom stereocenters. The van der Waals surface area contributed by atoms with Gasteiger partial charge in [-0.1, -0.05) is 6.07 Å². The van der Waals surface area contributed by atoms with E-state index in [0.29, 0.717) is 12.8 Å². The largest absolute Gasteiger partial charge is 0.324 e. The molecule has 0 spiro atoms. The van der Waals surface area contributed by atoms with E-state index in [1.54, 1.807) is 0 Å². The Morgan fingerprint density at radius 3 is 2.81 bits per heavy atom. The van der Waals surface area contributed by atoms with Crippen LogP contribution in [-0.2, 0) is 14.8 Å². The highest BCUT2D eigenvalue weighted by molar-refractivity contribution is 7.89. The van der Waals surface area contributed by atoms with Crippen LogP contribution in [-0.4, -0.2) is 36.4 Å². The fourth-order valence-corrected chi connectivity index (χ4v) is 3.96. The van der Waals surface area contributed by atoms with E-state index in [-0.39, 0.29) is 6.54 Å². The third kappa shape index (κ3) is 2.68. The van der Waals surface area contributed by atoms with Crippen molar-refractivity contribution >= 4 is 21.8 Å². The smallest absolute Gasteiger partial charge is 0.258 e. The fraction of sp³-hybridized carbons (Fsp3) is 0.364. The fourth-order valence-electron chi connectivity index (χ4n) is 2.20. The van der Waals surface area contributed by atoms with Gasteiger partial charge < -0.3 is 0 Å². The predicted octanol–water partition coefficient (Wildman–Crippen LogP) is 1.18. The second kappa shape index (κ2) is 5.68. The lowest BCUT2D eigenvalue weighted by Gasteiger charge is -2.19. The number of benzene rings is 1. The summed E-state index contributed by atoms with van der Waals surface area (Å²) in [6.45, 7) is 0.0475. The van der Waals surface area contributed by atoms with Crippen LogP contribution in [0.25, 0.3) is 0 Å². The first-order chi connectivity index (χ1) is 9.89. The van der Waals surface area contributed by atoms with Gasteiger partial charge in [0.2, 0.25) is 11.9 Å². The maximum Gasteiger partial charge on any atom is 0.324 e. The van der Waals surface area contributed by atoms with Gasteiger partial charge in [0.25, 0.3) is 10.0 Å². The second-order valence-electron chi connectivity index (χ2n) is 4.30. The Bertz CT molecular complexity index is 729. The molecule has 8 nitrogen and oxygen atoms in total.